The molecule has 0 spiro atoms. The molecule has 0 aliphatic carbocycles. The van der Waals surface area contributed by atoms with Crippen LogP contribution in [0.25, 0.3) is 33.4 Å². The van der Waals surface area contributed by atoms with Crippen LogP contribution in [0.3, 0.4) is 0 Å². The van der Waals surface area contributed by atoms with Crippen molar-refractivity contribution in [2.75, 3.05) is 10.6 Å². The molecule has 59 heavy (non-hydrogen) atoms. The summed E-state index contributed by atoms with van der Waals surface area (Å²) in [5, 5.41) is 37.8. The lowest BCUT2D eigenvalue weighted by atomic mass is 10.0. The van der Waals surface area contributed by atoms with E-state index in [0.29, 0.717) is 48.0 Å². The van der Waals surface area contributed by atoms with Gasteiger partial charge in [0, 0.05) is 18.1 Å². The number of H-pyrrole nitrogens is 1. The molecular weight excluding hydrogens is 753 g/mol. The minimum atomic E-state index is -0.0729. The number of nitrogens with zero attached hydrogens (tertiary/aromatic N) is 13. The molecule has 19 heteroatoms. The predicted octanol–water partition coefficient (Wildman–Crippen LogP) is 5.56. The zero-order valence-corrected chi connectivity index (χ0v) is 33.3. The molecule has 4 saturated heterocycles. The Morgan fingerprint density at radius 1 is 0.695 bits per heavy atom. The summed E-state index contributed by atoms with van der Waals surface area (Å²) in [6.07, 6.45) is 20.3. The highest BCUT2D eigenvalue weighted by atomic mass is 16.5. The molecule has 12 heterocycles. The molecule has 0 amide bonds. The van der Waals surface area contributed by atoms with Crippen molar-refractivity contribution in [1.82, 2.24) is 69.1 Å². The second-order valence-electron chi connectivity index (χ2n) is 16.0. The molecule has 6 atom stereocenters. The Morgan fingerprint density at radius 3 is 1.83 bits per heavy atom. The summed E-state index contributed by atoms with van der Waals surface area (Å²) in [4.78, 5) is 26.4. The van der Waals surface area contributed by atoms with Crippen LogP contribution in [0.5, 0.6) is 0 Å². The first-order valence-electron chi connectivity index (χ1n) is 20.2. The highest BCUT2D eigenvalue weighted by Gasteiger charge is 2.37. The topological polar surface area (TPSA) is 221 Å². The first kappa shape index (κ1) is 37.1. The molecule has 4 aliphatic heterocycles. The first-order chi connectivity index (χ1) is 28.7. The molecule has 0 radical (unpaired) electrons. The van der Waals surface area contributed by atoms with Gasteiger partial charge in [-0.05, 0) is 102 Å². The summed E-state index contributed by atoms with van der Waals surface area (Å²) in [6.45, 7) is 7.98. The number of aromatic nitrogens is 14. The largest absolute Gasteiger partial charge is 0.393 e. The van der Waals surface area contributed by atoms with Gasteiger partial charge in [-0.2, -0.15) is 30.4 Å². The third kappa shape index (κ3) is 7.52. The summed E-state index contributed by atoms with van der Waals surface area (Å²) < 4.78 is 17.1. The monoisotopic (exact) mass is 798 g/mol. The number of fused-ring (bicyclic) bond motifs is 8. The lowest BCUT2D eigenvalue weighted by Gasteiger charge is -2.28. The molecule has 19 nitrogen and oxygen atoms in total. The van der Waals surface area contributed by atoms with Crippen LogP contribution >= 0.6 is 0 Å². The number of hydrogen-bond donors (Lipinski definition) is 4. The van der Waals surface area contributed by atoms with Crippen molar-refractivity contribution in [3.63, 3.8) is 0 Å². The van der Waals surface area contributed by atoms with Crippen LogP contribution in [0.15, 0.2) is 49.6 Å². The Labute approximate surface area is 338 Å². The number of aromatic amines is 1. The summed E-state index contributed by atoms with van der Waals surface area (Å²) in [6, 6.07) is 4.26. The van der Waals surface area contributed by atoms with Gasteiger partial charge in [-0.1, -0.05) is 0 Å². The summed E-state index contributed by atoms with van der Waals surface area (Å²) in [5.74, 6) is 1.05. The van der Waals surface area contributed by atoms with E-state index in [1.54, 1.807) is 21.6 Å². The average molecular weight is 799 g/mol. The predicted molar refractivity (Wildman–Crippen MR) is 218 cm³/mol. The molecule has 4 fully saturated rings. The van der Waals surface area contributed by atoms with Crippen LogP contribution in [0.2, 0.25) is 0 Å². The fourth-order valence-corrected chi connectivity index (χ4v) is 8.64. The summed E-state index contributed by atoms with van der Waals surface area (Å²) in [5.41, 5.74) is 8.92. The molecule has 8 aromatic heterocycles. The number of anilines is 4. The fourth-order valence-electron chi connectivity index (χ4n) is 8.64. The Kier molecular flexibility index (Phi) is 9.56. The molecule has 2 unspecified atom stereocenters. The van der Waals surface area contributed by atoms with Gasteiger partial charge in [0.15, 0.2) is 22.6 Å². The number of pyridine rings is 2. The number of hydrogen-bond acceptors (Lipinski definition) is 15. The van der Waals surface area contributed by atoms with Gasteiger partial charge in [-0.15, -0.1) is 0 Å². The molecule has 4 bridgehead atoms. The van der Waals surface area contributed by atoms with Crippen LogP contribution in [0.4, 0.5) is 23.3 Å². The van der Waals surface area contributed by atoms with Crippen LogP contribution in [-0.4, -0.2) is 105 Å². The van der Waals surface area contributed by atoms with E-state index in [4.69, 9.17) is 19.6 Å². The number of ether oxygens (including phenoxy) is 2. The normalized spacial score (nSPS) is 23.3. The molecule has 8 aromatic rings. The zero-order valence-electron chi connectivity index (χ0n) is 33.3. The second-order valence-corrected chi connectivity index (χ2v) is 16.0. The van der Waals surface area contributed by atoms with Crippen LogP contribution in [-0.2, 0) is 9.47 Å². The van der Waals surface area contributed by atoms with E-state index in [0.717, 1.165) is 100 Å². The van der Waals surface area contributed by atoms with Crippen molar-refractivity contribution in [3.05, 3.63) is 72.1 Å². The van der Waals surface area contributed by atoms with Gasteiger partial charge in [0.25, 0.3) is 0 Å². The van der Waals surface area contributed by atoms with E-state index in [2.05, 4.69) is 60.6 Å². The molecular formula is C40H46N16O3. The minimum absolute atomic E-state index is 0.0729. The van der Waals surface area contributed by atoms with Crippen molar-refractivity contribution in [2.24, 2.45) is 0 Å². The van der Waals surface area contributed by atoms with E-state index in [1.165, 1.54) is 19.2 Å². The molecule has 304 valence electrons. The third-order valence-electron chi connectivity index (χ3n) is 11.8. The van der Waals surface area contributed by atoms with Crippen molar-refractivity contribution >= 4 is 56.6 Å². The maximum atomic E-state index is 9.21. The quantitative estimate of drug-likeness (QED) is 0.168. The van der Waals surface area contributed by atoms with Gasteiger partial charge in [-0.3, -0.25) is 5.10 Å². The maximum Gasteiger partial charge on any atom is 0.229 e. The van der Waals surface area contributed by atoms with Crippen molar-refractivity contribution < 1.29 is 14.6 Å². The van der Waals surface area contributed by atoms with Crippen molar-refractivity contribution in [3.8, 4) is 0 Å². The average Bonchev–Trinajstić information content (AvgIpc) is 4.10. The zero-order chi connectivity index (χ0) is 40.2. The molecule has 4 aliphatic rings. The minimum Gasteiger partial charge on any atom is -0.393 e. The Morgan fingerprint density at radius 2 is 1.24 bits per heavy atom. The Balaban J connectivity index is 0.000000121. The van der Waals surface area contributed by atoms with Crippen molar-refractivity contribution in [1.29, 1.82) is 0 Å². The number of aliphatic hydroxyl groups is 1. The lowest BCUT2D eigenvalue weighted by molar-refractivity contribution is -0.0520. The fraction of sp³-hybridized carbons (Fsp3) is 0.450. The standard InChI is InChI=1S/C20H22N8O.C13H12N8.C7H12O2/c1-11-5-18-22-10-23-27(18)9-17(11)24-20-21-8-16-12(2)26-28(19(16)25-20)13-6-14-3-4-15(7-13)29-14;1-7-3-11-15-6-16-21(11)5-10(7)17-13-14-4-9-8(2)19-20-12(9)18-13;8-5-3-6-1-2-7(4-5)9-6/h5,8-10,13-15H,3-4,6-7H2,1-2H3,(H,21,24,25);3-6H,1-2H3,(H2,14,17,18,19,20);5-8H,1-4H2/t13?,14-,15+;;5?,6-,7+. The van der Waals surface area contributed by atoms with Gasteiger partial charge in [0.1, 0.15) is 12.7 Å². The Hall–Kier alpha value is -6.18. The molecule has 0 aromatic carbocycles. The van der Waals surface area contributed by atoms with Gasteiger partial charge in [0.05, 0.1) is 76.8 Å². The highest BCUT2D eigenvalue weighted by molar-refractivity contribution is 5.79. The van der Waals surface area contributed by atoms with E-state index in [9.17, 15) is 5.11 Å². The van der Waals surface area contributed by atoms with E-state index in [-0.39, 0.29) is 6.10 Å². The number of aryl methyl sites for hydroxylation is 4. The van der Waals surface area contributed by atoms with E-state index >= 15 is 0 Å². The van der Waals surface area contributed by atoms with E-state index < -0.39 is 0 Å². The number of aliphatic hydroxyl groups excluding tert-OH is 1. The first-order valence-corrected chi connectivity index (χ1v) is 20.2. The van der Waals surface area contributed by atoms with Crippen molar-refractivity contribution in [2.45, 2.75) is 116 Å². The number of rotatable bonds is 5. The SMILES string of the molecule is Cc1cc2ncnn2cc1Nc1ncc2c(C)[nH]nc2n1.Cc1cc2ncnn2cc1Nc1ncc2c(C)nn(C3C[C@H]4CC[C@@H](C3)O4)c2n1.OC1C[C@H]2CC[C@@H](C1)O2. The number of nitrogens with one attached hydrogen (secondary N) is 3. The molecule has 0 saturated carbocycles. The third-order valence-corrected chi connectivity index (χ3v) is 11.8. The van der Waals surface area contributed by atoms with Crippen LogP contribution < -0.4 is 10.6 Å². The molecule has 12 rings (SSSR count). The maximum absolute atomic E-state index is 9.21. The smallest absolute Gasteiger partial charge is 0.229 e. The van der Waals surface area contributed by atoms with Gasteiger partial charge >= 0.3 is 0 Å². The van der Waals surface area contributed by atoms with Gasteiger partial charge < -0.3 is 25.2 Å². The second kappa shape index (κ2) is 15.2. The van der Waals surface area contributed by atoms with Gasteiger partial charge in [0.2, 0.25) is 11.9 Å². The summed E-state index contributed by atoms with van der Waals surface area (Å²) in [7, 11) is 0. The lowest BCUT2D eigenvalue weighted by Crippen LogP contribution is -2.28. The molecule has 4 N–H and O–H groups in total. The van der Waals surface area contributed by atoms with Crippen LogP contribution in [0, 0.1) is 27.7 Å². The summed E-state index contributed by atoms with van der Waals surface area (Å²) >= 11 is 0. The highest BCUT2D eigenvalue weighted by Crippen LogP contribution is 2.39. The van der Waals surface area contributed by atoms with Crippen LogP contribution in [0.1, 0.15) is 79.9 Å². The van der Waals surface area contributed by atoms with Gasteiger partial charge in [-0.25, -0.2) is 33.6 Å². The Bertz CT molecular complexity index is 2770. The van der Waals surface area contributed by atoms with E-state index in [1.807, 2.05) is 58.4 Å².